The zero-order chi connectivity index (χ0) is 13.8. The summed E-state index contributed by atoms with van der Waals surface area (Å²) in [4.78, 5) is 16.1. The van der Waals surface area contributed by atoms with Crippen LogP contribution in [-0.2, 0) is 0 Å². The molecule has 1 aromatic heterocycles. The molecule has 6 nitrogen and oxygen atoms in total. The minimum Gasteiger partial charge on any atom is -0.368 e. The Morgan fingerprint density at radius 2 is 1.85 bits per heavy atom. The van der Waals surface area contributed by atoms with Crippen molar-refractivity contribution in [2.75, 3.05) is 36.4 Å². The lowest BCUT2D eigenvalue weighted by molar-refractivity contribution is 0.208. The highest BCUT2D eigenvalue weighted by molar-refractivity contribution is 5.88. The van der Waals surface area contributed by atoms with Crippen LogP contribution in [0.5, 0.6) is 0 Å². The number of para-hydroxylation sites is 1. The van der Waals surface area contributed by atoms with Crippen LogP contribution in [0, 0.1) is 0 Å². The number of carbonyl (C=O) groups is 1. The third-order valence-electron chi connectivity index (χ3n) is 3.36. The maximum Gasteiger partial charge on any atom is 0.323 e. The van der Waals surface area contributed by atoms with Crippen LogP contribution < -0.4 is 10.2 Å². The molecule has 1 saturated heterocycles. The van der Waals surface area contributed by atoms with Crippen molar-refractivity contribution in [1.29, 1.82) is 0 Å². The van der Waals surface area contributed by atoms with Gasteiger partial charge < -0.3 is 14.3 Å². The molecule has 0 atom stereocenters. The fraction of sp³-hybridized carbons (Fsp3) is 0.286. The largest absolute Gasteiger partial charge is 0.368 e. The fourth-order valence-corrected chi connectivity index (χ4v) is 2.27. The van der Waals surface area contributed by atoms with E-state index in [0.717, 1.165) is 13.1 Å². The number of piperazine rings is 1. The van der Waals surface area contributed by atoms with Gasteiger partial charge in [0, 0.05) is 37.9 Å². The number of anilines is 2. The Hall–Kier alpha value is -2.50. The normalized spacial score (nSPS) is 15.2. The summed E-state index contributed by atoms with van der Waals surface area (Å²) in [5.74, 6) is 0.445. The molecule has 0 bridgehead atoms. The number of benzene rings is 1. The first kappa shape index (κ1) is 12.5. The molecular formula is C14H16N4O2. The summed E-state index contributed by atoms with van der Waals surface area (Å²) in [5.41, 5.74) is 1.20. The summed E-state index contributed by atoms with van der Waals surface area (Å²) in [7, 11) is 0. The van der Waals surface area contributed by atoms with E-state index in [-0.39, 0.29) is 6.03 Å². The molecule has 1 fully saturated rings. The maximum atomic E-state index is 12.0. The number of urea groups is 1. The van der Waals surface area contributed by atoms with Gasteiger partial charge in [0.05, 0.1) is 0 Å². The molecule has 2 amide bonds. The first-order chi connectivity index (χ1) is 9.83. The molecule has 2 heterocycles. The van der Waals surface area contributed by atoms with Crippen LogP contribution in [-0.4, -0.2) is 42.3 Å². The molecule has 3 rings (SSSR count). The van der Waals surface area contributed by atoms with Crippen LogP contribution in [0.25, 0.3) is 0 Å². The quantitative estimate of drug-likeness (QED) is 0.908. The first-order valence-corrected chi connectivity index (χ1v) is 6.59. The molecule has 0 spiro atoms. The molecule has 0 radical (unpaired) electrons. The van der Waals surface area contributed by atoms with E-state index in [1.54, 1.807) is 11.0 Å². The van der Waals surface area contributed by atoms with Crippen molar-refractivity contribution < 1.29 is 9.32 Å². The number of carbonyl (C=O) groups excluding carboxylic acids is 1. The van der Waals surface area contributed by atoms with Crippen LogP contribution in [0.1, 0.15) is 0 Å². The van der Waals surface area contributed by atoms with E-state index in [1.165, 1.54) is 12.0 Å². The van der Waals surface area contributed by atoms with E-state index in [4.69, 9.17) is 0 Å². The molecule has 6 heteroatoms. The smallest absolute Gasteiger partial charge is 0.323 e. The number of hydrogen-bond donors (Lipinski definition) is 1. The Balaban J connectivity index is 1.54. The molecule has 0 aliphatic carbocycles. The zero-order valence-electron chi connectivity index (χ0n) is 11.0. The van der Waals surface area contributed by atoms with Crippen molar-refractivity contribution in [3.05, 3.63) is 42.7 Å². The van der Waals surface area contributed by atoms with Crippen LogP contribution in [0.4, 0.5) is 16.3 Å². The highest BCUT2D eigenvalue weighted by Gasteiger charge is 2.21. The molecule has 20 heavy (non-hydrogen) atoms. The average molecular weight is 272 g/mol. The van der Waals surface area contributed by atoms with Crippen molar-refractivity contribution in [3.63, 3.8) is 0 Å². The lowest BCUT2D eigenvalue weighted by atomic mass is 10.2. The Labute approximate surface area is 117 Å². The summed E-state index contributed by atoms with van der Waals surface area (Å²) in [6, 6.07) is 11.7. The van der Waals surface area contributed by atoms with Gasteiger partial charge in [-0.25, -0.2) is 4.79 Å². The Morgan fingerprint density at radius 3 is 2.50 bits per heavy atom. The minimum absolute atomic E-state index is 0.133. The number of nitrogens with zero attached hydrogens (tertiary/aromatic N) is 3. The molecule has 1 aromatic carbocycles. The zero-order valence-corrected chi connectivity index (χ0v) is 11.0. The van der Waals surface area contributed by atoms with Crippen LogP contribution in [0.2, 0.25) is 0 Å². The van der Waals surface area contributed by atoms with E-state index >= 15 is 0 Å². The number of nitrogens with one attached hydrogen (secondary N) is 1. The molecule has 1 aliphatic heterocycles. The van der Waals surface area contributed by atoms with Crippen molar-refractivity contribution in [1.82, 2.24) is 10.1 Å². The van der Waals surface area contributed by atoms with Gasteiger partial charge in [-0.1, -0.05) is 23.4 Å². The Bertz CT molecular complexity index is 548. The number of hydrogen-bond acceptors (Lipinski definition) is 4. The van der Waals surface area contributed by atoms with Crippen molar-refractivity contribution in [2.45, 2.75) is 0 Å². The molecule has 2 aromatic rings. The summed E-state index contributed by atoms with van der Waals surface area (Å²) in [5, 5.41) is 6.38. The fourth-order valence-electron chi connectivity index (χ4n) is 2.27. The van der Waals surface area contributed by atoms with E-state index in [0.29, 0.717) is 18.9 Å². The van der Waals surface area contributed by atoms with Gasteiger partial charge in [-0.2, -0.15) is 0 Å². The maximum absolute atomic E-state index is 12.0. The molecular weight excluding hydrogens is 256 g/mol. The van der Waals surface area contributed by atoms with Crippen LogP contribution >= 0.6 is 0 Å². The van der Waals surface area contributed by atoms with Crippen LogP contribution in [0.3, 0.4) is 0 Å². The van der Waals surface area contributed by atoms with Gasteiger partial charge >= 0.3 is 6.03 Å². The standard InChI is InChI=1S/C14H16N4O2/c19-14(15-13-6-11-20-16-13)18-9-7-17(8-10-18)12-4-2-1-3-5-12/h1-6,11H,7-10H2,(H,15,16,19). The van der Waals surface area contributed by atoms with Gasteiger partial charge in [-0.15, -0.1) is 0 Å². The second kappa shape index (κ2) is 5.64. The highest BCUT2D eigenvalue weighted by atomic mass is 16.5. The van der Waals surface area contributed by atoms with Crippen molar-refractivity contribution >= 4 is 17.5 Å². The topological polar surface area (TPSA) is 61.6 Å². The third-order valence-corrected chi connectivity index (χ3v) is 3.36. The van der Waals surface area contributed by atoms with E-state index < -0.39 is 0 Å². The molecule has 1 N–H and O–H groups in total. The monoisotopic (exact) mass is 272 g/mol. The second-order valence-electron chi connectivity index (χ2n) is 4.62. The number of aromatic nitrogens is 1. The highest BCUT2D eigenvalue weighted by Crippen LogP contribution is 2.16. The first-order valence-electron chi connectivity index (χ1n) is 6.59. The minimum atomic E-state index is -0.133. The second-order valence-corrected chi connectivity index (χ2v) is 4.62. The third kappa shape index (κ3) is 2.74. The predicted octanol–water partition coefficient (Wildman–Crippen LogP) is 2.03. The van der Waals surface area contributed by atoms with Crippen LogP contribution in [0.15, 0.2) is 47.2 Å². The molecule has 104 valence electrons. The molecule has 0 saturated carbocycles. The van der Waals surface area contributed by atoms with Gasteiger partial charge in [0.1, 0.15) is 6.26 Å². The van der Waals surface area contributed by atoms with E-state index in [1.807, 2.05) is 18.2 Å². The van der Waals surface area contributed by atoms with Crippen molar-refractivity contribution in [3.8, 4) is 0 Å². The SMILES string of the molecule is O=C(Nc1ccon1)N1CCN(c2ccccc2)CC1. The molecule has 0 unspecified atom stereocenters. The predicted molar refractivity (Wildman–Crippen MR) is 75.7 cm³/mol. The average Bonchev–Trinajstić information content (AvgIpc) is 3.01. The van der Waals surface area contributed by atoms with Gasteiger partial charge in [0.25, 0.3) is 0 Å². The summed E-state index contributed by atoms with van der Waals surface area (Å²) >= 11 is 0. The molecule has 1 aliphatic rings. The number of rotatable bonds is 2. The van der Waals surface area contributed by atoms with E-state index in [9.17, 15) is 4.79 Å². The van der Waals surface area contributed by atoms with Gasteiger partial charge in [-0.3, -0.25) is 5.32 Å². The van der Waals surface area contributed by atoms with Crippen molar-refractivity contribution in [2.24, 2.45) is 0 Å². The van der Waals surface area contributed by atoms with E-state index in [2.05, 4.69) is 32.0 Å². The lowest BCUT2D eigenvalue weighted by Gasteiger charge is -2.35. The number of amides is 2. The van der Waals surface area contributed by atoms with Gasteiger partial charge in [0.2, 0.25) is 0 Å². The van der Waals surface area contributed by atoms with Gasteiger partial charge in [-0.05, 0) is 12.1 Å². The summed E-state index contributed by atoms with van der Waals surface area (Å²) in [6.45, 7) is 3.05. The Kier molecular flexibility index (Phi) is 3.54. The summed E-state index contributed by atoms with van der Waals surface area (Å²) in [6.07, 6.45) is 1.43. The summed E-state index contributed by atoms with van der Waals surface area (Å²) < 4.78 is 4.69. The van der Waals surface area contributed by atoms with Gasteiger partial charge in [0.15, 0.2) is 5.82 Å². The lowest BCUT2D eigenvalue weighted by Crippen LogP contribution is -2.50. The Morgan fingerprint density at radius 1 is 1.10 bits per heavy atom.